The predicted molar refractivity (Wildman–Crippen MR) is 92.6 cm³/mol. The lowest BCUT2D eigenvalue weighted by Crippen LogP contribution is -2.19. The van der Waals surface area contributed by atoms with Gasteiger partial charge >= 0.3 is 0 Å². The van der Waals surface area contributed by atoms with Crippen LogP contribution in [-0.2, 0) is 5.41 Å². The molecule has 0 atom stereocenters. The summed E-state index contributed by atoms with van der Waals surface area (Å²) < 4.78 is 10.6. The highest BCUT2D eigenvalue weighted by molar-refractivity contribution is 6.08. The van der Waals surface area contributed by atoms with Crippen LogP contribution in [0.1, 0.15) is 36.7 Å². The number of benzene rings is 2. The monoisotopic (exact) mass is 313 g/mol. The van der Waals surface area contributed by atoms with Gasteiger partial charge in [-0.25, -0.2) is 0 Å². The van der Waals surface area contributed by atoms with Crippen molar-refractivity contribution < 1.29 is 14.3 Å². The van der Waals surface area contributed by atoms with Gasteiger partial charge in [0.05, 0.1) is 14.2 Å². The highest BCUT2D eigenvalue weighted by Gasteiger charge is 2.22. The van der Waals surface area contributed by atoms with Crippen LogP contribution in [-0.4, -0.2) is 20.1 Å². The maximum absolute atomic E-state index is 12.8. The molecule has 0 aliphatic rings. The largest absolute Gasteiger partial charge is 0.496 e. The maximum atomic E-state index is 12.8. The number of hydrogen-bond donors (Lipinski definition) is 1. The summed E-state index contributed by atoms with van der Waals surface area (Å²) >= 11 is 0. The van der Waals surface area contributed by atoms with Crippen LogP contribution in [0.5, 0.6) is 11.5 Å². The molecule has 0 saturated heterocycles. The molecule has 23 heavy (non-hydrogen) atoms. The molecule has 4 heteroatoms. The van der Waals surface area contributed by atoms with Crippen LogP contribution in [0, 0.1) is 0 Å². The highest BCUT2D eigenvalue weighted by Crippen LogP contribution is 2.32. The molecular formula is C19H23NO3. The second-order valence-corrected chi connectivity index (χ2v) is 6.29. The van der Waals surface area contributed by atoms with Crippen molar-refractivity contribution in [3.05, 3.63) is 53.6 Å². The first-order valence-electron chi connectivity index (χ1n) is 7.50. The molecule has 0 aliphatic carbocycles. The number of para-hydroxylation sites is 1. The molecule has 1 amide bonds. The lowest BCUT2D eigenvalue weighted by atomic mass is 9.86. The van der Waals surface area contributed by atoms with Gasteiger partial charge in [-0.15, -0.1) is 0 Å². The fraction of sp³-hybridized carbons (Fsp3) is 0.316. The zero-order chi connectivity index (χ0) is 17.0. The minimum Gasteiger partial charge on any atom is -0.496 e. The summed E-state index contributed by atoms with van der Waals surface area (Å²) in [5.41, 5.74) is 2.18. The van der Waals surface area contributed by atoms with Gasteiger partial charge < -0.3 is 14.8 Å². The quantitative estimate of drug-likeness (QED) is 0.917. The van der Waals surface area contributed by atoms with Gasteiger partial charge in [0.1, 0.15) is 17.1 Å². The van der Waals surface area contributed by atoms with Gasteiger partial charge in [0.25, 0.3) is 5.91 Å². The molecule has 1 N–H and O–H groups in total. The molecule has 122 valence electrons. The zero-order valence-electron chi connectivity index (χ0n) is 14.3. The number of carbonyl (C=O) groups is 1. The fourth-order valence-electron chi connectivity index (χ4n) is 2.51. The molecule has 2 aromatic carbocycles. The Kier molecular flexibility index (Phi) is 4.94. The third kappa shape index (κ3) is 3.65. The van der Waals surface area contributed by atoms with Crippen molar-refractivity contribution in [2.24, 2.45) is 0 Å². The lowest BCUT2D eigenvalue weighted by molar-refractivity contribution is 0.102. The standard InChI is InChI=1S/C19H23NO3/c1-19(2,3)13-9-6-7-10-14(13)20-18(21)17-15(22-4)11-8-12-16(17)23-5/h6-12H,1-5H3,(H,20,21). The Labute approximate surface area is 137 Å². The van der Waals surface area contributed by atoms with Crippen LogP contribution < -0.4 is 14.8 Å². The minimum atomic E-state index is -0.254. The van der Waals surface area contributed by atoms with Crippen molar-refractivity contribution in [2.45, 2.75) is 26.2 Å². The van der Waals surface area contributed by atoms with Gasteiger partial charge in [-0.05, 0) is 29.2 Å². The molecule has 0 aliphatic heterocycles. The number of amides is 1. The number of rotatable bonds is 4. The van der Waals surface area contributed by atoms with Crippen LogP contribution >= 0.6 is 0 Å². The molecule has 0 saturated carbocycles. The van der Waals surface area contributed by atoms with Crippen molar-refractivity contribution in [2.75, 3.05) is 19.5 Å². The van der Waals surface area contributed by atoms with Gasteiger partial charge in [-0.2, -0.15) is 0 Å². The Morgan fingerprint density at radius 3 is 2.00 bits per heavy atom. The first kappa shape index (κ1) is 16.9. The van der Waals surface area contributed by atoms with E-state index in [0.29, 0.717) is 17.1 Å². The maximum Gasteiger partial charge on any atom is 0.263 e. The van der Waals surface area contributed by atoms with E-state index in [0.717, 1.165) is 11.3 Å². The number of ether oxygens (including phenoxy) is 2. The lowest BCUT2D eigenvalue weighted by Gasteiger charge is -2.23. The van der Waals surface area contributed by atoms with E-state index in [1.54, 1.807) is 18.2 Å². The van der Waals surface area contributed by atoms with Crippen LogP contribution in [0.2, 0.25) is 0 Å². The van der Waals surface area contributed by atoms with E-state index in [1.165, 1.54) is 14.2 Å². The molecule has 0 heterocycles. The first-order valence-corrected chi connectivity index (χ1v) is 7.50. The summed E-state index contributed by atoms with van der Waals surface area (Å²) in [5, 5.41) is 2.98. The molecule has 0 spiro atoms. The summed E-state index contributed by atoms with van der Waals surface area (Å²) in [6.45, 7) is 6.34. The summed E-state index contributed by atoms with van der Waals surface area (Å²) in [6.07, 6.45) is 0. The van der Waals surface area contributed by atoms with Crippen molar-refractivity contribution in [1.29, 1.82) is 0 Å². The molecule has 0 unspecified atom stereocenters. The molecule has 2 aromatic rings. The highest BCUT2D eigenvalue weighted by atomic mass is 16.5. The minimum absolute atomic E-state index is 0.0747. The van der Waals surface area contributed by atoms with Crippen molar-refractivity contribution in [3.63, 3.8) is 0 Å². The van der Waals surface area contributed by atoms with Gasteiger partial charge in [-0.1, -0.05) is 45.0 Å². The Hall–Kier alpha value is -2.49. The number of carbonyl (C=O) groups excluding carboxylic acids is 1. The van der Waals surface area contributed by atoms with E-state index in [9.17, 15) is 4.79 Å². The second kappa shape index (κ2) is 6.73. The Balaban J connectivity index is 2.42. The topological polar surface area (TPSA) is 47.6 Å². The third-order valence-electron chi connectivity index (χ3n) is 3.64. The van der Waals surface area contributed by atoms with Crippen molar-refractivity contribution in [1.82, 2.24) is 0 Å². The van der Waals surface area contributed by atoms with Gasteiger partial charge in [-0.3, -0.25) is 4.79 Å². The average molecular weight is 313 g/mol. The van der Waals surface area contributed by atoms with Crippen molar-refractivity contribution >= 4 is 11.6 Å². The van der Waals surface area contributed by atoms with E-state index < -0.39 is 0 Å². The van der Waals surface area contributed by atoms with Gasteiger partial charge in [0.15, 0.2) is 0 Å². The molecule has 2 rings (SSSR count). The van der Waals surface area contributed by atoms with E-state index in [4.69, 9.17) is 9.47 Å². The number of hydrogen-bond acceptors (Lipinski definition) is 3. The molecule has 0 radical (unpaired) electrons. The van der Waals surface area contributed by atoms with E-state index in [2.05, 4.69) is 26.1 Å². The normalized spacial score (nSPS) is 11.0. The van der Waals surface area contributed by atoms with E-state index >= 15 is 0 Å². The van der Waals surface area contributed by atoms with Gasteiger partial charge in [0, 0.05) is 5.69 Å². The van der Waals surface area contributed by atoms with Crippen LogP contribution in [0.3, 0.4) is 0 Å². The average Bonchev–Trinajstić information content (AvgIpc) is 2.53. The summed E-state index contributed by atoms with van der Waals surface area (Å²) in [7, 11) is 3.07. The summed E-state index contributed by atoms with van der Waals surface area (Å²) in [4.78, 5) is 12.8. The third-order valence-corrected chi connectivity index (χ3v) is 3.64. The summed E-state index contributed by atoms with van der Waals surface area (Å²) in [6, 6.07) is 13.1. The molecule has 4 nitrogen and oxygen atoms in total. The Bertz CT molecular complexity index is 680. The predicted octanol–water partition coefficient (Wildman–Crippen LogP) is 4.25. The van der Waals surface area contributed by atoms with Crippen LogP contribution in [0.25, 0.3) is 0 Å². The molecule has 0 bridgehead atoms. The Morgan fingerprint density at radius 1 is 0.913 bits per heavy atom. The second-order valence-electron chi connectivity index (χ2n) is 6.29. The zero-order valence-corrected chi connectivity index (χ0v) is 14.3. The molecular weight excluding hydrogens is 290 g/mol. The SMILES string of the molecule is COc1cccc(OC)c1C(=O)Nc1ccccc1C(C)(C)C. The first-order chi connectivity index (χ1) is 10.9. The number of anilines is 1. The Morgan fingerprint density at radius 2 is 1.48 bits per heavy atom. The molecule has 0 aromatic heterocycles. The van der Waals surface area contributed by atoms with E-state index in [1.807, 2.05) is 24.3 Å². The fourth-order valence-corrected chi connectivity index (χ4v) is 2.51. The number of nitrogens with one attached hydrogen (secondary N) is 1. The van der Waals surface area contributed by atoms with Crippen LogP contribution in [0.15, 0.2) is 42.5 Å². The smallest absolute Gasteiger partial charge is 0.263 e. The molecule has 0 fully saturated rings. The summed E-state index contributed by atoms with van der Waals surface area (Å²) in [5.74, 6) is 0.709. The van der Waals surface area contributed by atoms with E-state index in [-0.39, 0.29) is 11.3 Å². The van der Waals surface area contributed by atoms with Crippen molar-refractivity contribution in [3.8, 4) is 11.5 Å². The van der Waals surface area contributed by atoms with Crippen LogP contribution in [0.4, 0.5) is 5.69 Å². The van der Waals surface area contributed by atoms with Gasteiger partial charge in [0.2, 0.25) is 0 Å². The number of methoxy groups -OCH3 is 2.